The molecule has 0 aromatic rings. The van der Waals surface area contributed by atoms with E-state index in [1.165, 1.54) is 0 Å². The van der Waals surface area contributed by atoms with Crippen LogP contribution in [0.25, 0.3) is 0 Å². The summed E-state index contributed by atoms with van der Waals surface area (Å²) in [6.07, 6.45) is 5.49. The van der Waals surface area contributed by atoms with Crippen LogP contribution in [0.15, 0.2) is 0 Å². The Kier molecular flexibility index (Phi) is 25.7. The zero-order valence-electron chi connectivity index (χ0n) is 23.9. The first-order chi connectivity index (χ1) is 18.5. The van der Waals surface area contributed by atoms with Crippen LogP contribution >= 0.6 is 0 Å². The van der Waals surface area contributed by atoms with Gasteiger partial charge in [0, 0.05) is 26.2 Å². The summed E-state index contributed by atoms with van der Waals surface area (Å²) in [5.74, 6) is 0. The van der Waals surface area contributed by atoms with E-state index >= 15 is 0 Å². The largest absolute Gasteiger partial charge is 0.447 e. The summed E-state index contributed by atoms with van der Waals surface area (Å²) in [7, 11) is 0. The van der Waals surface area contributed by atoms with Gasteiger partial charge in [0.25, 0.3) is 0 Å². The second kappa shape index (κ2) is 26.9. The SMILES string of the molecule is CCCCCN(CCCN)C(=O)OCCOCCOCC(C)OCCOC(=O)N(CCCN)CCCCN. The normalized spacial score (nSPS) is 11.8. The zero-order valence-corrected chi connectivity index (χ0v) is 23.9. The fourth-order valence-electron chi connectivity index (χ4n) is 3.42. The van der Waals surface area contributed by atoms with Crippen molar-refractivity contribution in [2.24, 2.45) is 17.2 Å². The number of nitrogens with two attached hydrogens (primary N) is 3. The van der Waals surface area contributed by atoms with E-state index in [9.17, 15) is 9.59 Å². The molecule has 0 saturated heterocycles. The number of unbranched alkanes of at least 4 members (excludes halogenated alkanes) is 3. The van der Waals surface area contributed by atoms with Gasteiger partial charge in [-0.2, -0.15) is 0 Å². The molecule has 0 rings (SSSR count). The zero-order chi connectivity index (χ0) is 28.3. The lowest BCUT2D eigenvalue weighted by atomic mass is 10.2. The van der Waals surface area contributed by atoms with Crippen LogP contribution < -0.4 is 17.2 Å². The molecule has 1 atom stereocenters. The highest BCUT2D eigenvalue weighted by atomic mass is 16.6. The van der Waals surface area contributed by atoms with E-state index in [4.69, 9.17) is 40.9 Å². The Labute approximate surface area is 229 Å². The average Bonchev–Trinajstić information content (AvgIpc) is 2.91. The summed E-state index contributed by atoms with van der Waals surface area (Å²) in [6, 6.07) is 0. The number of hydrogen-bond donors (Lipinski definition) is 3. The van der Waals surface area contributed by atoms with Crippen molar-refractivity contribution in [3.8, 4) is 0 Å². The highest BCUT2D eigenvalue weighted by molar-refractivity contribution is 5.67. The lowest BCUT2D eigenvalue weighted by Gasteiger charge is -2.22. The van der Waals surface area contributed by atoms with Crippen molar-refractivity contribution in [2.75, 3.05) is 92.1 Å². The number of nitrogens with zero attached hydrogens (tertiary/aromatic N) is 2. The second-order valence-corrected chi connectivity index (χ2v) is 9.06. The Bertz CT molecular complexity index is 560. The molecule has 0 aromatic carbocycles. The maximum absolute atomic E-state index is 12.3. The first kappa shape index (κ1) is 36.3. The van der Waals surface area contributed by atoms with E-state index in [-0.39, 0.29) is 38.1 Å². The summed E-state index contributed by atoms with van der Waals surface area (Å²) in [4.78, 5) is 27.9. The van der Waals surface area contributed by atoms with Gasteiger partial charge in [-0.1, -0.05) is 19.8 Å². The Morgan fingerprint density at radius 2 is 1.11 bits per heavy atom. The highest BCUT2D eigenvalue weighted by Gasteiger charge is 2.15. The van der Waals surface area contributed by atoms with Gasteiger partial charge in [-0.3, -0.25) is 0 Å². The predicted octanol–water partition coefficient (Wildman–Crippen LogP) is 1.93. The van der Waals surface area contributed by atoms with Gasteiger partial charge in [-0.05, 0) is 58.7 Å². The molecular weight excluding hydrogens is 494 g/mol. The fourth-order valence-corrected chi connectivity index (χ4v) is 3.42. The topological polar surface area (TPSA) is 165 Å². The van der Waals surface area contributed by atoms with Crippen molar-refractivity contribution in [1.29, 1.82) is 0 Å². The molecule has 0 spiro atoms. The van der Waals surface area contributed by atoms with Gasteiger partial charge in [0.1, 0.15) is 13.2 Å². The van der Waals surface area contributed by atoms with Gasteiger partial charge in [-0.25, -0.2) is 9.59 Å². The third-order valence-electron chi connectivity index (χ3n) is 5.58. The molecule has 38 heavy (non-hydrogen) atoms. The summed E-state index contributed by atoms with van der Waals surface area (Å²) >= 11 is 0. The molecule has 0 saturated carbocycles. The monoisotopic (exact) mass is 549 g/mol. The molecule has 0 aliphatic heterocycles. The van der Waals surface area contributed by atoms with Crippen LogP contribution in [-0.4, -0.2) is 120 Å². The average molecular weight is 550 g/mol. The van der Waals surface area contributed by atoms with E-state index in [0.717, 1.165) is 44.9 Å². The fraction of sp³-hybridized carbons (Fsp3) is 0.923. The minimum Gasteiger partial charge on any atom is -0.447 e. The maximum atomic E-state index is 12.3. The number of carbonyl (C=O) groups excluding carboxylic acids is 2. The molecule has 0 aromatic heterocycles. The van der Waals surface area contributed by atoms with Gasteiger partial charge >= 0.3 is 12.2 Å². The molecule has 0 fully saturated rings. The molecular formula is C26H55N5O7. The van der Waals surface area contributed by atoms with Crippen LogP contribution in [0.2, 0.25) is 0 Å². The Morgan fingerprint density at radius 1 is 0.632 bits per heavy atom. The van der Waals surface area contributed by atoms with Gasteiger partial charge < -0.3 is 50.7 Å². The molecule has 0 radical (unpaired) electrons. The maximum Gasteiger partial charge on any atom is 0.409 e. The van der Waals surface area contributed by atoms with Crippen molar-refractivity contribution in [1.82, 2.24) is 9.80 Å². The number of hydrogen-bond acceptors (Lipinski definition) is 10. The van der Waals surface area contributed by atoms with Crippen molar-refractivity contribution in [3.63, 3.8) is 0 Å². The summed E-state index contributed by atoms with van der Waals surface area (Å²) in [6.45, 7) is 10.3. The summed E-state index contributed by atoms with van der Waals surface area (Å²) in [5.41, 5.74) is 16.7. The number of carbonyl (C=O) groups is 2. The van der Waals surface area contributed by atoms with Gasteiger partial charge in [0.15, 0.2) is 0 Å². The molecule has 226 valence electrons. The van der Waals surface area contributed by atoms with Crippen LogP contribution in [0.3, 0.4) is 0 Å². The number of ether oxygens (including phenoxy) is 5. The predicted molar refractivity (Wildman–Crippen MR) is 148 cm³/mol. The molecule has 0 aliphatic carbocycles. The molecule has 12 nitrogen and oxygen atoms in total. The van der Waals surface area contributed by atoms with E-state index in [2.05, 4.69) is 6.92 Å². The summed E-state index contributed by atoms with van der Waals surface area (Å²) in [5, 5.41) is 0. The van der Waals surface area contributed by atoms with E-state index in [1.807, 2.05) is 6.92 Å². The minimum atomic E-state index is -0.356. The number of rotatable bonds is 26. The van der Waals surface area contributed by atoms with Crippen LogP contribution in [0.1, 0.15) is 58.8 Å². The molecule has 6 N–H and O–H groups in total. The first-order valence-corrected chi connectivity index (χ1v) is 14.2. The van der Waals surface area contributed by atoms with E-state index in [0.29, 0.717) is 72.2 Å². The van der Waals surface area contributed by atoms with Gasteiger partial charge in [-0.15, -0.1) is 0 Å². The van der Waals surface area contributed by atoms with E-state index < -0.39 is 0 Å². The van der Waals surface area contributed by atoms with E-state index in [1.54, 1.807) is 9.80 Å². The van der Waals surface area contributed by atoms with Crippen LogP contribution in [0.5, 0.6) is 0 Å². The third-order valence-corrected chi connectivity index (χ3v) is 5.58. The lowest BCUT2D eigenvalue weighted by molar-refractivity contribution is -0.0374. The van der Waals surface area contributed by atoms with Crippen molar-refractivity contribution >= 4 is 12.2 Å². The molecule has 1 unspecified atom stereocenters. The smallest absolute Gasteiger partial charge is 0.409 e. The van der Waals surface area contributed by atoms with Crippen LogP contribution in [0.4, 0.5) is 9.59 Å². The Morgan fingerprint density at radius 3 is 1.66 bits per heavy atom. The third kappa shape index (κ3) is 21.3. The standard InChI is InChI=1S/C26H55N5O7/c1-3-4-6-13-30(15-8-11-28)25(32)37-20-19-34-17-18-35-23-24(2)36-21-22-38-26(33)31(16-9-12-29)14-7-5-10-27/h24H,3-23,27-29H2,1-2H3. The molecule has 0 aliphatic rings. The van der Waals surface area contributed by atoms with Crippen molar-refractivity contribution in [2.45, 2.75) is 64.9 Å². The quantitative estimate of drug-likeness (QED) is 0.136. The van der Waals surface area contributed by atoms with Crippen molar-refractivity contribution in [3.05, 3.63) is 0 Å². The first-order valence-electron chi connectivity index (χ1n) is 14.2. The van der Waals surface area contributed by atoms with Crippen LogP contribution in [0, 0.1) is 0 Å². The minimum absolute atomic E-state index is 0.153. The Hall–Kier alpha value is -1.70. The molecule has 12 heteroatoms. The summed E-state index contributed by atoms with van der Waals surface area (Å²) < 4.78 is 27.3. The number of amides is 2. The second-order valence-electron chi connectivity index (χ2n) is 9.06. The van der Waals surface area contributed by atoms with Crippen LogP contribution in [-0.2, 0) is 23.7 Å². The Balaban J connectivity index is 3.85. The lowest BCUT2D eigenvalue weighted by Crippen LogP contribution is -2.35. The highest BCUT2D eigenvalue weighted by Crippen LogP contribution is 2.03. The molecule has 0 bridgehead atoms. The molecule has 2 amide bonds. The molecule has 0 heterocycles. The van der Waals surface area contributed by atoms with Crippen molar-refractivity contribution < 1.29 is 33.3 Å². The van der Waals surface area contributed by atoms with Gasteiger partial charge in [0.2, 0.25) is 0 Å². The van der Waals surface area contributed by atoms with Gasteiger partial charge in [0.05, 0.1) is 39.1 Å².